The minimum Gasteiger partial charge on any atom is -0.326 e. The van der Waals surface area contributed by atoms with E-state index in [0.717, 1.165) is 18.0 Å². The van der Waals surface area contributed by atoms with Crippen molar-refractivity contribution in [1.29, 1.82) is 0 Å². The Balaban J connectivity index is 0.00000196. The summed E-state index contributed by atoms with van der Waals surface area (Å²) >= 11 is 5.79. The van der Waals surface area contributed by atoms with Crippen LogP contribution < -0.4 is 5.73 Å². The molecule has 0 heterocycles. The quantitative estimate of drug-likeness (QED) is 0.886. The van der Waals surface area contributed by atoms with Gasteiger partial charge in [0.2, 0.25) is 0 Å². The lowest BCUT2D eigenvalue weighted by Crippen LogP contribution is -2.34. The third-order valence-corrected chi connectivity index (χ3v) is 2.26. The fourth-order valence-electron chi connectivity index (χ4n) is 1.46. The molecule has 0 spiro atoms. The molecule has 0 aliphatic rings. The van der Waals surface area contributed by atoms with Crippen molar-refractivity contribution >= 4 is 24.0 Å². The molecule has 0 aliphatic carbocycles. The summed E-state index contributed by atoms with van der Waals surface area (Å²) in [7, 11) is 4.06. The Morgan fingerprint density at radius 3 is 2.27 bits per heavy atom. The molecule has 15 heavy (non-hydrogen) atoms. The van der Waals surface area contributed by atoms with E-state index in [-0.39, 0.29) is 18.4 Å². The van der Waals surface area contributed by atoms with Crippen molar-refractivity contribution in [3.05, 3.63) is 34.9 Å². The van der Waals surface area contributed by atoms with Gasteiger partial charge in [-0.1, -0.05) is 23.7 Å². The predicted octanol–water partition coefficient (Wildman–Crippen LogP) is 2.19. The smallest absolute Gasteiger partial charge is 0.0406 e. The maximum atomic E-state index is 5.97. The first kappa shape index (κ1) is 14.7. The molecule has 0 saturated carbocycles. The van der Waals surface area contributed by atoms with E-state index in [0.29, 0.717) is 0 Å². The first-order valence-electron chi connectivity index (χ1n) is 4.72. The predicted molar refractivity (Wildman–Crippen MR) is 68.9 cm³/mol. The molecule has 1 unspecified atom stereocenters. The topological polar surface area (TPSA) is 29.3 Å². The Labute approximate surface area is 103 Å². The van der Waals surface area contributed by atoms with Gasteiger partial charge in [0.25, 0.3) is 0 Å². The van der Waals surface area contributed by atoms with E-state index in [4.69, 9.17) is 17.3 Å². The number of halogens is 2. The van der Waals surface area contributed by atoms with Crippen LogP contribution in [0, 0.1) is 0 Å². The van der Waals surface area contributed by atoms with Crippen LogP contribution in [0.3, 0.4) is 0 Å². The van der Waals surface area contributed by atoms with Gasteiger partial charge in [-0.25, -0.2) is 0 Å². The van der Waals surface area contributed by atoms with Crippen molar-refractivity contribution in [2.24, 2.45) is 5.73 Å². The molecule has 1 atom stereocenters. The lowest BCUT2D eigenvalue weighted by molar-refractivity contribution is 0.371. The molecular formula is C11H18Cl2N2. The van der Waals surface area contributed by atoms with Gasteiger partial charge in [0.15, 0.2) is 0 Å². The molecule has 0 radical (unpaired) electrons. The minimum atomic E-state index is 0. The molecule has 0 aliphatic heterocycles. The molecule has 1 rings (SSSR count). The molecule has 2 N–H and O–H groups in total. The van der Waals surface area contributed by atoms with Gasteiger partial charge >= 0.3 is 0 Å². The Hall–Kier alpha value is -0.280. The number of likely N-dealkylation sites (N-methyl/N-ethyl adjacent to an activating group) is 1. The first-order valence-corrected chi connectivity index (χ1v) is 5.10. The fraction of sp³-hybridized carbons (Fsp3) is 0.455. The zero-order valence-corrected chi connectivity index (χ0v) is 10.7. The van der Waals surface area contributed by atoms with Crippen molar-refractivity contribution in [2.75, 3.05) is 20.6 Å². The summed E-state index contributed by atoms with van der Waals surface area (Å²) in [6.07, 6.45) is 0.898. The molecule has 0 saturated heterocycles. The largest absolute Gasteiger partial charge is 0.326 e. The van der Waals surface area contributed by atoms with Gasteiger partial charge in [0.1, 0.15) is 0 Å². The number of nitrogens with two attached hydrogens (primary N) is 1. The van der Waals surface area contributed by atoms with Crippen molar-refractivity contribution in [1.82, 2.24) is 4.90 Å². The number of nitrogens with zero attached hydrogens (tertiary/aromatic N) is 1. The van der Waals surface area contributed by atoms with Gasteiger partial charge in [-0.05, 0) is 38.2 Å². The van der Waals surface area contributed by atoms with Gasteiger partial charge < -0.3 is 10.6 Å². The molecule has 0 amide bonds. The summed E-state index contributed by atoms with van der Waals surface area (Å²) in [5, 5.41) is 0.773. The first-order chi connectivity index (χ1) is 6.58. The average Bonchev–Trinajstić information content (AvgIpc) is 2.07. The second-order valence-electron chi connectivity index (χ2n) is 3.85. The van der Waals surface area contributed by atoms with Crippen molar-refractivity contribution in [3.8, 4) is 0 Å². The van der Waals surface area contributed by atoms with Crippen LogP contribution in [0.2, 0.25) is 5.02 Å². The number of benzene rings is 1. The van der Waals surface area contributed by atoms with E-state index in [1.165, 1.54) is 5.56 Å². The SMILES string of the molecule is CN(C)CC(N)Cc1ccc(Cl)cc1.Cl. The summed E-state index contributed by atoms with van der Waals surface area (Å²) in [6, 6.07) is 8.04. The van der Waals surface area contributed by atoms with E-state index in [2.05, 4.69) is 4.90 Å². The molecule has 1 aromatic rings. The summed E-state index contributed by atoms with van der Waals surface area (Å²) in [5.41, 5.74) is 7.21. The Kier molecular flexibility index (Phi) is 6.94. The van der Waals surface area contributed by atoms with E-state index < -0.39 is 0 Å². The molecule has 0 aromatic heterocycles. The van der Waals surface area contributed by atoms with Crippen LogP contribution in [0.25, 0.3) is 0 Å². The summed E-state index contributed by atoms with van der Waals surface area (Å²) in [6.45, 7) is 0.905. The van der Waals surface area contributed by atoms with Crippen molar-refractivity contribution in [2.45, 2.75) is 12.5 Å². The third kappa shape index (κ3) is 6.00. The molecule has 4 heteroatoms. The van der Waals surface area contributed by atoms with Crippen LogP contribution in [0.5, 0.6) is 0 Å². The number of rotatable bonds is 4. The Morgan fingerprint density at radius 1 is 1.27 bits per heavy atom. The standard InChI is InChI=1S/C11H17ClN2.ClH/c1-14(2)8-11(13)7-9-3-5-10(12)6-4-9;/h3-6,11H,7-8,13H2,1-2H3;1H. The highest BCUT2D eigenvalue weighted by atomic mass is 35.5. The fourth-order valence-corrected chi connectivity index (χ4v) is 1.58. The van der Waals surface area contributed by atoms with Crippen LogP contribution >= 0.6 is 24.0 Å². The maximum Gasteiger partial charge on any atom is 0.0406 e. The monoisotopic (exact) mass is 248 g/mol. The van der Waals surface area contributed by atoms with Crippen molar-refractivity contribution < 1.29 is 0 Å². The molecule has 0 fully saturated rings. The summed E-state index contributed by atoms with van der Waals surface area (Å²) < 4.78 is 0. The van der Waals surface area contributed by atoms with Crippen LogP contribution in [0.1, 0.15) is 5.56 Å². The summed E-state index contributed by atoms with van der Waals surface area (Å²) in [4.78, 5) is 2.10. The van der Waals surface area contributed by atoms with Gasteiger partial charge in [-0.2, -0.15) is 0 Å². The highest BCUT2D eigenvalue weighted by Gasteiger charge is 2.04. The van der Waals surface area contributed by atoms with Crippen LogP contribution in [0.4, 0.5) is 0 Å². The third-order valence-electron chi connectivity index (χ3n) is 2.01. The van der Waals surface area contributed by atoms with Crippen LogP contribution in [-0.2, 0) is 6.42 Å². The molecule has 0 bridgehead atoms. The minimum absolute atomic E-state index is 0. The second kappa shape index (κ2) is 7.07. The maximum absolute atomic E-state index is 5.97. The summed E-state index contributed by atoms with van der Waals surface area (Å²) in [5.74, 6) is 0. The zero-order chi connectivity index (χ0) is 10.6. The number of hydrogen-bond donors (Lipinski definition) is 1. The molecular weight excluding hydrogens is 231 g/mol. The van der Waals surface area contributed by atoms with Crippen LogP contribution in [0.15, 0.2) is 24.3 Å². The zero-order valence-electron chi connectivity index (χ0n) is 9.11. The number of hydrogen-bond acceptors (Lipinski definition) is 2. The second-order valence-corrected chi connectivity index (χ2v) is 4.29. The molecule has 86 valence electrons. The lowest BCUT2D eigenvalue weighted by Gasteiger charge is -2.16. The molecule has 1 aromatic carbocycles. The van der Waals surface area contributed by atoms with Gasteiger partial charge in [0.05, 0.1) is 0 Å². The Bertz CT molecular complexity index is 272. The highest BCUT2D eigenvalue weighted by molar-refractivity contribution is 6.30. The average molecular weight is 249 g/mol. The normalized spacial score (nSPS) is 12.3. The van der Waals surface area contributed by atoms with Crippen molar-refractivity contribution in [3.63, 3.8) is 0 Å². The van der Waals surface area contributed by atoms with E-state index in [9.17, 15) is 0 Å². The highest BCUT2D eigenvalue weighted by Crippen LogP contribution is 2.10. The van der Waals surface area contributed by atoms with E-state index in [1.54, 1.807) is 0 Å². The molecule has 2 nitrogen and oxygen atoms in total. The van der Waals surface area contributed by atoms with Crippen LogP contribution in [-0.4, -0.2) is 31.6 Å². The van der Waals surface area contributed by atoms with E-state index in [1.807, 2.05) is 38.4 Å². The lowest BCUT2D eigenvalue weighted by atomic mass is 10.1. The van der Waals surface area contributed by atoms with Gasteiger partial charge in [-0.15, -0.1) is 12.4 Å². The van der Waals surface area contributed by atoms with Gasteiger partial charge in [0, 0.05) is 17.6 Å². The van der Waals surface area contributed by atoms with Gasteiger partial charge in [-0.3, -0.25) is 0 Å². The Morgan fingerprint density at radius 2 is 1.80 bits per heavy atom. The van der Waals surface area contributed by atoms with E-state index >= 15 is 0 Å².